The van der Waals surface area contributed by atoms with E-state index in [1.807, 2.05) is 24.3 Å². The topological polar surface area (TPSA) is 24.9 Å². The molecule has 2 nitrogen and oxygen atoms in total. The van der Waals surface area contributed by atoms with E-state index < -0.39 is 0 Å². The summed E-state index contributed by atoms with van der Waals surface area (Å²) in [6.07, 6.45) is 3.61. The van der Waals surface area contributed by atoms with Crippen molar-refractivity contribution in [2.75, 3.05) is 0 Å². The third kappa shape index (κ3) is 3.63. The molecule has 2 rings (SSSR count). The van der Waals surface area contributed by atoms with Crippen molar-refractivity contribution in [1.29, 1.82) is 0 Å². The zero-order chi connectivity index (χ0) is 11.2. The van der Waals surface area contributed by atoms with Crippen LogP contribution >= 0.6 is 27.9 Å². The van der Waals surface area contributed by atoms with E-state index in [4.69, 9.17) is 0 Å². The largest absolute Gasteiger partial charge is 0.265 e. The highest BCUT2D eigenvalue weighted by atomic mass is 79.9. The lowest BCUT2D eigenvalue weighted by Gasteiger charge is -2.03. The van der Waals surface area contributed by atoms with Crippen LogP contribution in [0.2, 0.25) is 0 Å². The first-order chi connectivity index (χ1) is 7.84. The molecule has 0 aliphatic carbocycles. The number of hydrogen-bond donors (Lipinski definition) is 1. The molecule has 0 aliphatic heterocycles. The van der Waals surface area contributed by atoms with E-state index in [-0.39, 0.29) is 0 Å². The van der Waals surface area contributed by atoms with Gasteiger partial charge >= 0.3 is 0 Å². The molecule has 1 aromatic heterocycles. The number of pyridine rings is 1. The summed E-state index contributed by atoms with van der Waals surface area (Å²) >= 11 is 5.05. The number of aromatic nitrogens is 1. The SMILES string of the molecule is Brc1ccc(SNCc2ccncc2)cc1. The van der Waals surface area contributed by atoms with Crippen molar-refractivity contribution in [3.8, 4) is 0 Å². The van der Waals surface area contributed by atoms with Crippen molar-refractivity contribution < 1.29 is 0 Å². The van der Waals surface area contributed by atoms with Crippen LogP contribution in [0.15, 0.2) is 58.2 Å². The van der Waals surface area contributed by atoms with Crippen molar-refractivity contribution in [3.63, 3.8) is 0 Å². The average molecular weight is 295 g/mol. The van der Waals surface area contributed by atoms with Gasteiger partial charge in [-0.15, -0.1) is 0 Å². The van der Waals surface area contributed by atoms with E-state index in [0.717, 1.165) is 11.0 Å². The summed E-state index contributed by atoms with van der Waals surface area (Å²) in [5.41, 5.74) is 1.24. The number of hydrogen-bond acceptors (Lipinski definition) is 3. The maximum atomic E-state index is 3.98. The van der Waals surface area contributed by atoms with E-state index in [1.165, 1.54) is 10.5 Å². The van der Waals surface area contributed by atoms with E-state index in [0.29, 0.717) is 0 Å². The number of rotatable bonds is 4. The van der Waals surface area contributed by atoms with Gasteiger partial charge < -0.3 is 0 Å². The molecule has 4 heteroatoms. The third-order valence-corrected chi connectivity index (χ3v) is 3.35. The minimum Gasteiger partial charge on any atom is -0.265 e. The molecule has 0 unspecified atom stereocenters. The van der Waals surface area contributed by atoms with Gasteiger partial charge in [-0.3, -0.25) is 9.71 Å². The van der Waals surface area contributed by atoms with Gasteiger partial charge in [-0.2, -0.15) is 0 Å². The van der Waals surface area contributed by atoms with Crippen LogP contribution in [0.4, 0.5) is 0 Å². The molecule has 0 amide bonds. The zero-order valence-electron chi connectivity index (χ0n) is 8.56. The van der Waals surface area contributed by atoms with Gasteiger partial charge in [0.2, 0.25) is 0 Å². The second-order valence-electron chi connectivity index (χ2n) is 3.23. The van der Waals surface area contributed by atoms with Crippen molar-refractivity contribution in [2.45, 2.75) is 11.4 Å². The monoisotopic (exact) mass is 294 g/mol. The molecule has 1 N–H and O–H groups in total. The van der Waals surface area contributed by atoms with Crippen LogP contribution in [0.3, 0.4) is 0 Å². The van der Waals surface area contributed by atoms with Crippen LogP contribution in [-0.2, 0) is 6.54 Å². The van der Waals surface area contributed by atoms with Crippen molar-refractivity contribution >= 4 is 27.9 Å². The van der Waals surface area contributed by atoms with Crippen molar-refractivity contribution in [3.05, 3.63) is 58.8 Å². The van der Waals surface area contributed by atoms with Gasteiger partial charge in [-0.05, 0) is 53.9 Å². The van der Waals surface area contributed by atoms with Gasteiger partial charge in [0.15, 0.2) is 0 Å². The van der Waals surface area contributed by atoms with E-state index in [1.54, 1.807) is 24.3 Å². The van der Waals surface area contributed by atoms with E-state index >= 15 is 0 Å². The molecule has 0 saturated heterocycles. The molecule has 1 heterocycles. The van der Waals surface area contributed by atoms with Crippen molar-refractivity contribution in [1.82, 2.24) is 9.71 Å². The predicted molar refractivity (Wildman–Crippen MR) is 71.1 cm³/mol. The lowest BCUT2D eigenvalue weighted by atomic mass is 10.3. The minimum atomic E-state index is 0.837. The Balaban J connectivity index is 1.82. The number of nitrogens with zero attached hydrogens (tertiary/aromatic N) is 1. The first-order valence-electron chi connectivity index (χ1n) is 4.89. The fourth-order valence-corrected chi connectivity index (χ4v) is 2.15. The predicted octanol–water partition coefficient (Wildman–Crippen LogP) is 3.64. The Morgan fingerprint density at radius 3 is 2.44 bits per heavy atom. The molecule has 0 spiro atoms. The standard InChI is InChI=1S/C12H11BrN2S/c13-11-1-3-12(4-2-11)16-15-9-10-5-7-14-8-6-10/h1-8,15H,9H2. The van der Waals surface area contributed by atoms with Crippen LogP contribution < -0.4 is 4.72 Å². The molecule has 0 aliphatic rings. The summed E-state index contributed by atoms with van der Waals surface area (Å²) in [6.45, 7) is 0.837. The third-order valence-electron chi connectivity index (χ3n) is 2.03. The Hall–Kier alpha value is -0.840. The highest BCUT2D eigenvalue weighted by molar-refractivity contribution is 9.10. The van der Waals surface area contributed by atoms with Gasteiger partial charge in [0.05, 0.1) is 0 Å². The molecule has 0 radical (unpaired) electrons. The van der Waals surface area contributed by atoms with Crippen LogP contribution in [0, 0.1) is 0 Å². The molecule has 0 bridgehead atoms. The van der Waals surface area contributed by atoms with E-state index in [9.17, 15) is 0 Å². The summed E-state index contributed by atoms with van der Waals surface area (Å²) in [5.74, 6) is 0. The highest BCUT2D eigenvalue weighted by Crippen LogP contribution is 2.18. The van der Waals surface area contributed by atoms with Gasteiger partial charge in [-0.25, -0.2) is 0 Å². The summed E-state index contributed by atoms with van der Waals surface area (Å²) in [7, 11) is 0. The van der Waals surface area contributed by atoms with Gasteiger partial charge in [0.25, 0.3) is 0 Å². The van der Waals surface area contributed by atoms with Gasteiger partial charge in [0, 0.05) is 28.3 Å². The summed E-state index contributed by atoms with van der Waals surface area (Å²) in [5, 5.41) is 0. The average Bonchev–Trinajstić information content (AvgIpc) is 2.33. The molecule has 2 aromatic rings. The number of halogens is 1. The Morgan fingerprint density at radius 1 is 1.06 bits per heavy atom. The zero-order valence-corrected chi connectivity index (χ0v) is 11.0. The Morgan fingerprint density at radius 2 is 1.75 bits per heavy atom. The van der Waals surface area contributed by atoms with Crippen LogP contribution in [0.5, 0.6) is 0 Å². The highest BCUT2D eigenvalue weighted by Gasteiger charge is 1.94. The summed E-state index contributed by atoms with van der Waals surface area (Å²) in [4.78, 5) is 5.19. The quantitative estimate of drug-likeness (QED) is 0.872. The maximum absolute atomic E-state index is 3.98. The first kappa shape index (κ1) is 11.6. The molecule has 0 saturated carbocycles. The molecule has 0 fully saturated rings. The maximum Gasteiger partial charge on any atom is 0.0314 e. The lowest BCUT2D eigenvalue weighted by molar-refractivity contribution is 0.969. The van der Waals surface area contributed by atoms with Gasteiger partial charge in [0.1, 0.15) is 0 Å². The Kier molecular flexibility index (Phi) is 4.39. The fraction of sp³-hybridized carbons (Fsp3) is 0.0833. The van der Waals surface area contributed by atoms with Crippen LogP contribution in [-0.4, -0.2) is 4.98 Å². The number of nitrogens with one attached hydrogen (secondary N) is 1. The van der Waals surface area contributed by atoms with Crippen LogP contribution in [0.25, 0.3) is 0 Å². The second-order valence-corrected chi connectivity index (χ2v) is 5.11. The molecule has 0 atom stereocenters. The van der Waals surface area contributed by atoms with Gasteiger partial charge in [-0.1, -0.05) is 15.9 Å². The van der Waals surface area contributed by atoms with Crippen molar-refractivity contribution in [2.24, 2.45) is 0 Å². The fourth-order valence-electron chi connectivity index (χ4n) is 1.21. The summed E-state index contributed by atoms with van der Waals surface area (Å²) < 4.78 is 4.41. The molecular formula is C12H11BrN2S. The number of benzene rings is 1. The Labute approximate surface area is 108 Å². The summed E-state index contributed by atoms with van der Waals surface area (Å²) in [6, 6.07) is 12.2. The lowest BCUT2D eigenvalue weighted by Crippen LogP contribution is -2.02. The molecule has 16 heavy (non-hydrogen) atoms. The minimum absolute atomic E-state index is 0.837. The first-order valence-corrected chi connectivity index (χ1v) is 6.50. The molecule has 82 valence electrons. The van der Waals surface area contributed by atoms with E-state index in [2.05, 4.69) is 37.8 Å². The molecule has 1 aromatic carbocycles. The normalized spacial score (nSPS) is 10.3. The molecular weight excluding hydrogens is 284 g/mol. The Bertz CT molecular complexity index is 431. The smallest absolute Gasteiger partial charge is 0.0314 e. The van der Waals surface area contributed by atoms with Crippen LogP contribution in [0.1, 0.15) is 5.56 Å². The second kappa shape index (κ2) is 6.03.